The molecule has 0 aliphatic carbocycles. The molecule has 5 heteroatoms. The van der Waals surface area contributed by atoms with Gasteiger partial charge in [-0.05, 0) is 125 Å². The van der Waals surface area contributed by atoms with Crippen LogP contribution in [0.5, 0.6) is 0 Å². The van der Waals surface area contributed by atoms with Gasteiger partial charge in [-0.2, -0.15) is 0 Å². The van der Waals surface area contributed by atoms with Crippen LogP contribution < -0.4 is 41.5 Å². The van der Waals surface area contributed by atoms with Crippen LogP contribution in [0.3, 0.4) is 0 Å². The van der Waals surface area contributed by atoms with Crippen molar-refractivity contribution in [1.82, 2.24) is 13.7 Å². The molecule has 0 N–H and O–H groups in total. The van der Waals surface area contributed by atoms with E-state index in [1.54, 1.807) is 0 Å². The topological polar surface area (TPSA) is 14.8 Å². The molecule has 0 unspecified atom stereocenters. The number of rotatable bonds is 12. The highest BCUT2D eigenvalue weighted by atomic mass is 28.3. The van der Waals surface area contributed by atoms with Crippen LogP contribution in [0.1, 0.15) is 0 Å². The lowest BCUT2D eigenvalue weighted by Crippen LogP contribution is -2.74. The van der Waals surface area contributed by atoms with Gasteiger partial charge in [-0.3, -0.25) is 0 Å². The molecule has 0 saturated carbocycles. The fraction of sp³-hybridized carbons (Fsp3) is 0. The summed E-state index contributed by atoms with van der Waals surface area (Å²) in [5.74, 6) is 0. The Morgan fingerprint density at radius 1 is 0.180 bits per heavy atom. The van der Waals surface area contributed by atoms with Gasteiger partial charge in [0.1, 0.15) is 0 Å². The summed E-state index contributed by atoms with van der Waals surface area (Å²) in [7, 11) is -6.12. The zero-order valence-electron chi connectivity index (χ0n) is 48.9. The van der Waals surface area contributed by atoms with Crippen LogP contribution in [0, 0.1) is 0 Å². The molecular formula is C84H59N3Si2. The third kappa shape index (κ3) is 8.17. The molecular weight excluding hydrogens is 1110 g/mol. The third-order valence-electron chi connectivity index (χ3n) is 18.9. The first-order valence-corrected chi connectivity index (χ1v) is 34.8. The van der Waals surface area contributed by atoms with Gasteiger partial charge in [-0.25, -0.2) is 0 Å². The summed E-state index contributed by atoms with van der Waals surface area (Å²) in [6.07, 6.45) is 0. The summed E-state index contributed by atoms with van der Waals surface area (Å²) >= 11 is 0. The van der Waals surface area contributed by atoms with Crippen LogP contribution in [0.25, 0.3) is 93.6 Å². The molecule has 418 valence electrons. The number of nitrogens with zero attached hydrogens (tertiary/aromatic N) is 3. The monoisotopic (exact) mass is 1170 g/mol. The molecule has 0 fully saturated rings. The van der Waals surface area contributed by atoms with E-state index in [0.717, 1.165) is 22.6 Å². The molecule has 3 nitrogen and oxygen atoms in total. The summed E-state index contributed by atoms with van der Waals surface area (Å²) < 4.78 is 7.46. The molecule has 17 aromatic rings. The highest BCUT2D eigenvalue weighted by Gasteiger charge is 2.44. The standard InChI is InChI=1S/C84H59N3Si2/c1-7-27-60(28-8-1)61-49-52-69(53-50-61)89(67-36-15-5-16-37-67,68-38-17-6-18-39-68)83-48-26-47-82-84(83)74-43-21-24-46-79(74)87(82)64-51-55-80-75(58-64)72-41-19-23-45-78(72)86(80)63-31-25-40-70(57-63)88(65-32-11-3-12-33-65,66-34-13-4-14-35-66)71-54-56-81-76(59-71)73-42-20-22-44-77(73)85(81)62-29-9-2-10-30-62/h1-59H. The Bertz CT molecular complexity index is 5390. The number of benzene rings is 14. The Morgan fingerprint density at radius 3 is 1.11 bits per heavy atom. The second-order valence-electron chi connectivity index (χ2n) is 23.5. The molecule has 0 amide bonds. The SMILES string of the molecule is c1ccc(-c2ccc([Si](c3ccccc3)(c3ccccc3)c3cccc4c3c3ccccc3n4-c3ccc4c(c3)c3ccccc3n4-c3cccc([Si](c4ccccc4)(c4ccccc4)c4ccc5c(c4)c4ccccc4n5-c4ccccc4)c3)cc2)cc1. The largest absolute Gasteiger partial charge is 0.309 e. The molecule has 14 aromatic carbocycles. The van der Waals surface area contributed by atoms with E-state index >= 15 is 0 Å². The second-order valence-corrected chi connectivity index (χ2v) is 31.1. The van der Waals surface area contributed by atoms with Crippen LogP contribution in [0.15, 0.2) is 358 Å². The molecule has 0 bridgehead atoms. The summed E-state index contributed by atoms with van der Waals surface area (Å²) in [6, 6.07) is 135. The molecule has 0 saturated heterocycles. The second kappa shape index (κ2) is 21.4. The van der Waals surface area contributed by atoms with E-state index in [2.05, 4.69) is 372 Å². The number of aromatic nitrogens is 3. The van der Waals surface area contributed by atoms with Gasteiger partial charge < -0.3 is 13.7 Å². The van der Waals surface area contributed by atoms with Gasteiger partial charge >= 0.3 is 0 Å². The van der Waals surface area contributed by atoms with Crippen LogP contribution in [-0.2, 0) is 0 Å². The quantitative estimate of drug-likeness (QED) is 0.0855. The van der Waals surface area contributed by atoms with E-state index < -0.39 is 16.1 Å². The first-order chi connectivity index (χ1) is 44.2. The van der Waals surface area contributed by atoms with E-state index in [4.69, 9.17) is 0 Å². The van der Waals surface area contributed by atoms with Gasteiger partial charge in [0.05, 0.1) is 33.1 Å². The van der Waals surface area contributed by atoms with Crippen LogP contribution in [0.4, 0.5) is 0 Å². The Balaban J connectivity index is 0.869. The van der Waals surface area contributed by atoms with Crippen molar-refractivity contribution in [1.29, 1.82) is 0 Å². The van der Waals surface area contributed by atoms with Gasteiger partial charge in [-0.15, -0.1) is 0 Å². The first kappa shape index (κ1) is 52.3. The van der Waals surface area contributed by atoms with Crippen molar-refractivity contribution in [2.75, 3.05) is 0 Å². The van der Waals surface area contributed by atoms with Crippen LogP contribution >= 0.6 is 0 Å². The van der Waals surface area contributed by atoms with Crippen molar-refractivity contribution in [2.24, 2.45) is 0 Å². The van der Waals surface area contributed by atoms with Gasteiger partial charge in [0.15, 0.2) is 16.1 Å². The summed E-state index contributed by atoms with van der Waals surface area (Å²) in [5.41, 5.74) is 12.9. The Kier molecular flexibility index (Phi) is 12.6. The molecule has 0 aliphatic heterocycles. The maximum atomic E-state index is 2.53. The van der Waals surface area contributed by atoms with Gasteiger partial charge in [0.2, 0.25) is 0 Å². The van der Waals surface area contributed by atoms with Crippen LogP contribution in [-0.4, -0.2) is 29.8 Å². The molecule has 0 aliphatic rings. The van der Waals surface area contributed by atoms with E-state index in [0.29, 0.717) is 0 Å². The van der Waals surface area contributed by atoms with E-state index in [1.165, 1.54) is 113 Å². The fourth-order valence-electron chi connectivity index (χ4n) is 15.2. The zero-order valence-corrected chi connectivity index (χ0v) is 50.9. The average Bonchev–Trinajstić information content (AvgIpc) is 1.71. The number of hydrogen-bond acceptors (Lipinski definition) is 0. The van der Waals surface area contributed by atoms with Gasteiger partial charge in [0, 0.05) is 49.4 Å². The van der Waals surface area contributed by atoms with E-state index in [9.17, 15) is 0 Å². The third-order valence-corrected chi connectivity index (χ3v) is 28.5. The average molecular weight is 1170 g/mol. The minimum absolute atomic E-state index is 1.12. The summed E-state index contributed by atoms with van der Waals surface area (Å²) in [6.45, 7) is 0. The fourth-order valence-corrected chi connectivity index (χ4v) is 24.9. The number of para-hydroxylation sites is 4. The first-order valence-electron chi connectivity index (χ1n) is 30.8. The van der Waals surface area contributed by atoms with Crippen molar-refractivity contribution in [3.8, 4) is 28.2 Å². The maximum Gasteiger partial charge on any atom is 0.180 e. The van der Waals surface area contributed by atoms with Crippen molar-refractivity contribution in [3.63, 3.8) is 0 Å². The molecule has 3 heterocycles. The Hall–Kier alpha value is -11.1. The molecule has 0 radical (unpaired) electrons. The number of hydrogen-bond donors (Lipinski definition) is 0. The van der Waals surface area contributed by atoms with Gasteiger partial charge in [-0.1, -0.05) is 285 Å². The van der Waals surface area contributed by atoms with Crippen molar-refractivity contribution >= 4 is 123 Å². The summed E-state index contributed by atoms with van der Waals surface area (Å²) in [5, 5.41) is 18.2. The highest BCUT2D eigenvalue weighted by Crippen LogP contribution is 2.38. The van der Waals surface area contributed by atoms with E-state index in [-0.39, 0.29) is 0 Å². The van der Waals surface area contributed by atoms with Crippen molar-refractivity contribution in [2.45, 2.75) is 0 Å². The number of fused-ring (bicyclic) bond motifs is 9. The Labute approximate surface area is 519 Å². The Morgan fingerprint density at radius 2 is 0.528 bits per heavy atom. The minimum atomic E-state index is -3.07. The maximum absolute atomic E-state index is 3.07. The molecule has 3 aromatic heterocycles. The minimum Gasteiger partial charge on any atom is -0.309 e. The molecule has 0 spiro atoms. The summed E-state index contributed by atoms with van der Waals surface area (Å²) in [4.78, 5) is 0. The highest BCUT2D eigenvalue weighted by molar-refractivity contribution is 7.21. The molecule has 89 heavy (non-hydrogen) atoms. The van der Waals surface area contributed by atoms with Crippen molar-refractivity contribution < 1.29 is 0 Å². The predicted molar refractivity (Wildman–Crippen MR) is 382 cm³/mol. The molecule has 0 atom stereocenters. The normalized spacial score (nSPS) is 12.0. The lowest BCUT2D eigenvalue weighted by Gasteiger charge is -2.35. The van der Waals surface area contributed by atoms with Gasteiger partial charge in [0.25, 0.3) is 0 Å². The van der Waals surface area contributed by atoms with E-state index in [1.807, 2.05) is 0 Å². The lowest BCUT2D eigenvalue weighted by molar-refractivity contribution is 1.17. The predicted octanol–water partition coefficient (Wildman–Crippen LogP) is 15.4. The lowest BCUT2D eigenvalue weighted by atomic mass is 10.1. The van der Waals surface area contributed by atoms with Crippen molar-refractivity contribution in [3.05, 3.63) is 358 Å². The molecule has 17 rings (SSSR count). The van der Waals surface area contributed by atoms with Crippen LogP contribution in [0.2, 0.25) is 0 Å². The zero-order chi connectivity index (χ0) is 58.9. The smallest absolute Gasteiger partial charge is 0.180 e.